The number of nitrogens with zero attached hydrogens (tertiary/aromatic N) is 3. The van der Waals surface area contributed by atoms with E-state index in [1.807, 2.05) is 67.6 Å². The molecule has 8 heteroatoms. The monoisotopic (exact) mass is 491 g/mol. The predicted octanol–water partition coefficient (Wildman–Crippen LogP) is 3.51. The average molecular weight is 492 g/mol. The highest BCUT2D eigenvalue weighted by Crippen LogP contribution is 2.32. The molecule has 0 fully saturated rings. The van der Waals surface area contributed by atoms with Gasteiger partial charge in [-0.15, -0.1) is 11.3 Å². The smallest absolute Gasteiger partial charge is 0.263 e. The molecule has 0 spiro atoms. The van der Waals surface area contributed by atoms with E-state index in [1.54, 1.807) is 20.8 Å². The summed E-state index contributed by atoms with van der Waals surface area (Å²) in [7, 11) is 2.18. The van der Waals surface area contributed by atoms with Gasteiger partial charge in [0.2, 0.25) is 5.91 Å². The molecule has 0 radical (unpaired) electrons. The lowest BCUT2D eigenvalue weighted by Gasteiger charge is -2.23. The van der Waals surface area contributed by atoms with Gasteiger partial charge in [-0.25, -0.2) is 4.98 Å². The molecule has 2 aromatic carbocycles. The molecule has 3 heterocycles. The first-order chi connectivity index (χ1) is 16.6. The van der Waals surface area contributed by atoms with Crippen LogP contribution in [0.3, 0.4) is 0 Å². The van der Waals surface area contributed by atoms with Crippen LogP contribution < -0.4 is 15.4 Å². The molecule has 2 aromatic heterocycles. The fourth-order valence-corrected chi connectivity index (χ4v) is 6.73. The van der Waals surface area contributed by atoms with Crippen LogP contribution in [-0.2, 0) is 24.3 Å². The number of anilines is 2. The van der Waals surface area contributed by atoms with Gasteiger partial charge in [-0.05, 0) is 36.8 Å². The second-order valence-electron chi connectivity index (χ2n) is 8.45. The Kier molecular flexibility index (Phi) is 6.54. The maximum atomic E-state index is 13.5. The molecule has 4 aromatic rings. The molecule has 174 valence electrons. The number of likely N-dealkylation sites (N-methyl/N-ethyl adjacent to an activating group) is 1. The summed E-state index contributed by atoms with van der Waals surface area (Å²) in [5.41, 5.74) is 2.82. The average Bonchev–Trinajstić information content (AvgIpc) is 3.22. The van der Waals surface area contributed by atoms with Crippen LogP contribution in [0.4, 0.5) is 11.4 Å². The van der Waals surface area contributed by atoms with Crippen LogP contribution in [0, 0.1) is 0 Å². The largest absolute Gasteiger partial charge is 0.333 e. The molecule has 1 N–H and O–H groups in total. The Bertz CT molecular complexity index is 1340. The van der Waals surface area contributed by atoms with Crippen LogP contribution in [-0.4, -0.2) is 34.8 Å². The van der Waals surface area contributed by atoms with Crippen molar-refractivity contribution in [3.05, 3.63) is 81.5 Å². The van der Waals surface area contributed by atoms with Crippen LogP contribution in [0.25, 0.3) is 10.2 Å². The lowest BCUT2D eigenvalue weighted by atomic mass is 10.1. The summed E-state index contributed by atoms with van der Waals surface area (Å²) in [6, 6.07) is 19.3. The molecule has 1 atom stereocenters. The van der Waals surface area contributed by atoms with Crippen molar-refractivity contribution in [2.24, 2.45) is 0 Å². The first-order valence-electron chi connectivity index (χ1n) is 11.5. The SMILES string of the molecule is CCn1c(SCC(=O)N(c2ccccc2)c2ccccc2)nc2sc3c(c2c1=O)CC[NH+](C)C3. The van der Waals surface area contributed by atoms with Gasteiger partial charge in [-0.2, -0.15) is 0 Å². The molecule has 1 amide bonds. The summed E-state index contributed by atoms with van der Waals surface area (Å²) in [5, 5.41) is 1.38. The van der Waals surface area contributed by atoms with Gasteiger partial charge in [-0.3, -0.25) is 19.1 Å². The zero-order valence-corrected chi connectivity index (χ0v) is 20.9. The van der Waals surface area contributed by atoms with E-state index in [0.29, 0.717) is 11.7 Å². The molecule has 0 saturated carbocycles. The van der Waals surface area contributed by atoms with Crippen LogP contribution >= 0.6 is 23.1 Å². The molecule has 5 rings (SSSR count). The van der Waals surface area contributed by atoms with E-state index in [-0.39, 0.29) is 17.2 Å². The molecule has 0 saturated heterocycles. The maximum Gasteiger partial charge on any atom is 0.263 e. The minimum absolute atomic E-state index is 0.0162. The molecule has 1 aliphatic heterocycles. The lowest BCUT2D eigenvalue weighted by Crippen LogP contribution is -3.08. The third-order valence-electron chi connectivity index (χ3n) is 6.14. The van der Waals surface area contributed by atoms with Gasteiger partial charge in [0.15, 0.2) is 5.16 Å². The number of aromatic nitrogens is 2. The number of quaternary nitrogens is 1. The normalized spacial score (nSPS) is 15.3. The standard InChI is InChI=1S/C26H26N4O2S2/c1-3-29-25(32)23-20-14-15-28(2)16-21(20)34-24(23)27-26(29)33-17-22(31)30(18-10-6-4-7-11-18)19-12-8-5-9-13-19/h4-13H,3,14-17H2,1-2H3/p+1. The summed E-state index contributed by atoms with van der Waals surface area (Å²) < 4.78 is 1.72. The highest BCUT2D eigenvalue weighted by Gasteiger charge is 2.26. The lowest BCUT2D eigenvalue weighted by molar-refractivity contribution is -0.895. The Balaban J connectivity index is 1.47. The van der Waals surface area contributed by atoms with E-state index >= 15 is 0 Å². The third kappa shape index (κ3) is 4.29. The summed E-state index contributed by atoms with van der Waals surface area (Å²) in [6.07, 6.45) is 0.913. The number of para-hydroxylation sites is 2. The van der Waals surface area contributed by atoms with Crippen LogP contribution in [0.1, 0.15) is 17.4 Å². The van der Waals surface area contributed by atoms with Gasteiger partial charge in [0.1, 0.15) is 11.4 Å². The first kappa shape index (κ1) is 22.8. The van der Waals surface area contributed by atoms with Gasteiger partial charge in [0.05, 0.1) is 29.6 Å². The fraction of sp³-hybridized carbons (Fsp3) is 0.269. The number of carbonyl (C=O) groups excluding carboxylic acids is 1. The van der Waals surface area contributed by atoms with Crippen molar-refractivity contribution in [2.45, 2.75) is 31.6 Å². The second-order valence-corrected chi connectivity index (χ2v) is 10.5. The van der Waals surface area contributed by atoms with Gasteiger partial charge in [0, 0.05) is 24.3 Å². The minimum Gasteiger partial charge on any atom is -0.333 e. The summed E-state index contributed by atoms with van der Waals surface area (Å²) in [5.74, 6) is 0.120. The fourth-order valence-electron chi connectivity index (χ4n) is 4.45. The number of thiophene rings is 1. The predicted molar refractivity (Wildman–Crippen MR) is 139 cm³/mol. The zero-order valence-electron chi connectivity index (χ0n) is 19.3. The number of thioether (sulfide) groups is 1. The van der Waals surface area contributed by atoms with E-state index in [9.17, 15) is 9.59 Å². The van der Waals surface area contributed by atoms with Crippen molar-refractivity contribution in [3.63, 3.8) is 0 Å². The molecular formula is C26H27N4O2S2+. The number of nitrogens with one attached hydrogen (secondary N) is 1. The van der Waals surface area contributed by atoms with E-state index < -0.39 is 0 Å². The highest BCUT2D eigenvalue weighted by molar-refractivity contribution is 7.99. The number of hydrogen-bond donors (Lipinski definition) is 1. The maximum absolute atomic E-state index is 13.5. The highest BCUT2D eigenvalue weighted by atomic mass is 32.2. The van der Waals surface area contributed by atoms with E-state index in [0.717, 1.165) is 41.1 Å². The van der Waals surface area contributed by atoms with E-state index in [1.165, 1.54) is 27.1 Å². The topological polar surface area (TPSA) is 59.6 Å². The van der Waals surface area contributed by atoms with Gasteiger partial charge >= 0.3 is 0 Å². The van der Waals surface area contributed by atoms with Gasteiger partial charge in [0.25, 0.3) is 5.56 Å². The van der Waals surface area contributed by atoms with Crippen molar-refractivity contribution >= 4 is 50.6 Å². The zero-order chi connectivity index (χ0) is 23.7. The quantitative estimate of drug-likeness (QED) is 0.331. The molecule has 0 aliphatic carbocycles. The Morgan fingerprint density at radius 2 is 1.76 bits per heavy atom. The number of rotatable bonds is 6. The van der Waals surface area contributed by atoms with Crippen LogP contribution in [0.2, 0.25) is 0 Å². The van der Waals surface area contributed by atoms with Crippen LogP contribution in [0.5, 0.6) is 0 Å². The van der Waals surface area contributed by atoms with E-state index in [2.05, 4.69) is 7.05 Å². The minimum atomic E-state index is -0.0601. The summed E-state index contributed by atoms with van der Waals surface area (Å²) >= 11 is 2.97. The Labute approximate surface area is 206 Å². The molecule has 6 nitrogen and oxygen atoms in total. The number of amides is 1. The van der Waals surface area contributed by atoms with Crippen molar-refractivity contribution in [1.82, 2.24) is 9.55 Å². The van der Waals surface area contributed by atoms with E-state index in [4.69, 9.17) is 4.98 Å². The third-order valence-corrected chi connectivity index (χ3v) is 8.23. The van der Waals surface area contributed by atoms with Gasteiger partial charge < -0.3 is 4.90 Å². The van der Waals surface area contributed by atoms with Crippen molar-refractivity contribution < 1.29 is 9.69 Å². The van der Waals surface area contributed by atoms with Crippen molar-refractivity contribution in [1.29, 1.82) is 0 Å². The van der Waals surface area contributed by atoms with Crippen molar-refractivity contribution in [2.75, 3.05) is 24.2 Å². The molecule has 1 unspecified atom stereocenters. The number of hydrogen-bond acceptors (Lipinski definition) is 5. The summed E-state index contributed by atoms with van der Waals surface area (Å²) in [6.45, 7) is 4.45. The van der Waals surface area contributed by atoms with Crippen molar-refractivity contribution in [3.8, 4) is 0 Å². The molecular weight excluding hydrogens is 464 g/mol. The number of fused-ring (bicyclic) bond motifs is 3. The Morgan fingerprint density at radius 3 is 2.38 bits per heavy atom. The number of benzene rings is 2. The molecule has 34 heavy (non-hydrogen) atoms. The molecule has 1 aliphatic rings. The Hall–Kier alpha value is -2.94. The second kappa shape index (κ2) is 9.74. The number of carbonyl (C=O) groups is 1. The summed E-state index contributed by atoms with van der Waals surface area (Å²) in [4.78, 5) is 37.0. The Morgan fingerprint density at radius 1 is 1.12 bits per heavy atom. The van der Waals surface area contributed by atoms with Crippen LogP contribution in [0.15, 0.2) is 70.6 Å². The van der Waals surface area contributed by atoms with Gasteiger partial charge in [-0.1, -0.05) is 48.2 Å². The first-order valence-corrected chi connectivity index (χ1v) is 13.3. The molecule has 0 bridgehead atoms.